The molecule has 3 saturated heterocycles. The molecule has 0 bridgehead atoms. The van der Waals surface area contributed by atoms with Crippen LogP contribution in [0.3, 0.4) is 0 Å². The first-order valence-electron chi connectivity index (χ1n) is 22.6. The molecule has 4 heterocycles. The van der Waals surface area contributed by atoms with E-state index >= 15 is 0 Å². The molecule has 0 spiro atoms. The second kappa shape index (κ2) is 21.6. The number of hydrogen-bond donors (Lipinski definition) is 3. The van der Waals surface area contributed by atoms with Crippen molar-refractivity contribution in [1.29, 1.82) is 0 Å². The van der Waals surface area contributed by atoms with Crippen molar-refractivity contribution in [2.24, 2.45) is 11.8 Å². The summed E-state index contributed by atoms with van der Waals surface area (Å²) in [4.78, 5) is 24.8. The van der Waals surface area contributed by atoms with Crippen LogP contribution in [0.15, 0.2) is 71.9 Å². The molecule has 366 valence electrons. The van der Waals surface area contributed by atoms with E-state index in [4.69, 9.17) is 52.1 Å². The summed E-state index contributed by atoms with van der Waals surface area (Å²) in [6, 6.07) is 9.00. The molecule has 2 unspecified atom stereocenters. The molecular formula is C52H62O16. The highest BCUT2D eigenvalue weighted by molar-refractivity contribution is 5.83. The zero-order chi connectivity index (χ0) is 49.0. The molecule has 68 heavy (non-hydrogen) atoms. The van der Waals surface area contributed by atoms with Gasteiger partial charge in [-0.2, -0.15) is 0 Å². The number of aromatic hydroxyl groups is 1. The molecule has 10 atom stereocenters. The van der Waals surface area contributed by atoms with Crippen LogP contribution in [0.25, 0.3) is 6.08 Å². The number of fused-ring (bicyclic) bond motifs is 4. The van der Waals surface area contributed by atoms with Crippen molar-refractivity contribution in [3.05, 3.63) is 111 Å². The van der Waals surface area contributed by atoms with Crippen LogP contribution in [0, 0.1) is 32.6 Å². The van der Waals surface area contributed by atoms with Crippen LogP contribution in [0.4, 0.5) is 0 Å². The van der Waals surface area contributed by atoms with Crippen LogP contribution in [-0.2, 0) is 38.0 Å². The molecule has 5 aliphatic rings. The molecule has 8 rings (SSSR count). The van der Waals surface area contributed by atoms with E-state index in [0.717, 1.165) is 16.9 Å². The van der Waals surface area contributed by atoms with Gasteiger partial charge in [-0.3, -0.25) is 4.79 Å². The van der Waals surface area contributed by atoms with Crippen LogP contribution in [0.2, 0.25) is 0 Å². The van der Waals surface area contributed by atoms with E-state index in [1.54, 1.807) is 45.2 Å². The monoisotopic (exact) mass is 942 g/mol. The number of aryl methyl sites for hydroxylation is 1. The Balaban J connectivity index is 0.000000228. The first-order valence-corrected chi connectivity index (χ1v) is 22.6. The predicted molar refractivity (Wildman–Crippen MR) is 248 cm³/mol. The molecule has 3 fully saturated rings. The highest BCUT2D eigenvalue weighted by Crippen LogP contribution is 2.57. The molecule has 3 aromatic carbocycles. The van der Waals surface area contributed by atoms with Gasteiger partial charge in [0.2, 0.25) is 12.5 Å². The Morgan fingerprint density at radius 2 is 1.50 bits per heavy atom. The number of phenolic OH excluding ortho intramolecular Hbond substituents is 1. The number of allylic oxidation sites excluding steroid dienone is 6. The molecule has 0 amide bonds. The quantitative estimate of drug-likeness (QED) is 0.0954. The number of methoxy groups -OCH3 is 3. The summed E-state index contributed by atoms with van der Waals surface area (Å²) >= 11 is 0. The Hall–Kier alpha value is -5.88. The summed E-state index contributed by atoms with van der Waals surface area (Å²) in [6.45, 7) is 14.3. The number of rotatable bonds is 12. The summed E-state index contributed by atoms with van der Waals surface area (Å²) in [5.74, 6) is -0.407. The topological polar surface area (TPSA) is 196 Å². The molecule has 3 aromatic rings. The smallest absolute Gasteiger partial charge is 0.330 e. The van der Waals surface area contributed by atoms with E-state index in [1.165, 1.54) is 42.5 Å². The first-order chi connectivity index (χ1) is 32.6. The average Bonchev–Trinajstić information content (AvgIpc) is 3.95. The van der Waals surface area contributed by atoms with Gasteiger partial charge in [0.25, 0.3) is 0 Å². The molecular weight excluding hydrogens is 881 g/mol. The van der Waals surface area contributed by atoms with Gasteiger partial charge in [-0.15, -0.1) is 0 Å². The minimum Gasteiger partial charge on any atom is -0.502 e. The first kappa shape index (κ1) is 50.0. The van der Waals surface area contributed by atoms with E-state index in [9.17, 15) is 24.9 Å². The zero-order valence-electron chi connectivity index (χ0n) is 40.1. The maximum absolute atomic E-state index is 13.4. The van der Waals surface area contributed by atoms with Crippen LogP contribution in [0.1, 0.15) is 78.7 Å². The number of esters is 2. The molecule has 16 nitrogen and oxygen atoms in total. The maximum Gasteiger partial charge on any atom is 0.330 e. The van der Waals surface area contributed by atoms with Gasteiger partial charge in [-0.1, -0.05) is 36.0 Å². The van der Waals surface area contributed by atoms with Crippen molar-refractivity contribution in [3.8, 4) is 34.5 Å². The summed E-state index contributed by atoms with van der Waals surface area (Å²) in [5, 5.41) is 32.5. The number of ether oxygens (including phenoxy) is 11. The van der Waals surface area contributed by atoms with Crippen LogP contribution in [0.5, 0.6) is 34.5 Å². The van der Waals surface area contributed by atoms with Crippen molar-refractivity contribution < 1.29 is 77.0 Å². The van der Waals surface area contributed by atoms with Crippen molar-refractivity contribution in [3.63, 3.8) is 0 Å². The Labute approximate surface area is 396 Å². The second-order valence-corrected chi connectivity index (χ2v) is 17.3. The molecule has 0 aromatic heterocycles. The van der Waals surface area contributed by atoms with Crippen molar-refractivity contribution >= 4 is 18.0 Å². The lowest BCUT2D eigenvalue weighted by atomic mass is 9.66. The Bertz CT molecular complexity index is 2440. The van der Waals surface area contributed by atoms with Crippen molar-refractivity contribution in [2.75, 3.05) is 47.9 Å². The van der Waals surface area contributed by atoms with Crippen molar-refractivity contribution in [1.82, 2.24) is 0 Å². The van der Waals surface area contributed by atoms with E-state index in [1.807, 2.05) is 32.1 Å². The highest BCUT2D eigenvalue weighted by Gasteiger charge is 2.56. The predicted octanol–water partition coefficient (Wildman–Crippen LogP) is 6.98. The Morgan fingerprint density at radius 3 is 2.16 bits per heavy atom. The van der Waals surface area contributed by atoms with Gasteiger partial charge in [0, 0.05) is 17.9 Å². The molecule has 16 heteroatoms. The van der Waals surface area contributed by atoms with Gasteiger partial charge in [0.05, 0.1) is 53.2 Å². The molecule has 3 N–H and O–H groups in total. The maximum atomic E-state index is 13.4. The SMILES string of the molecule is CCOC(=O)/C=C(C)/C=C/C=C(C)/C=C/c1c(C)cc(OC)c(C)c1C.COc1cc([C@@H]2c3cc4c(cc3C(O[C@@H]3O[C@@H]5CO[C@@H](C)O[C@H]5[C@H](O)[C@H]3O)C3COC(=O)[C@@H]32)OCO4)cc(OC)c1O. The minimum absolute atomic E-state index is 0.0301. The van der Waals surface area contributed by atoms with Gasteiger partial charge in [0.1, 0.15) is 30.2 Å². The third-order valence-corrected chi connectivity index (χ3v) is 12.9. The number of hydrogen-bond acceptors (Lipinski definition) is 16. The number of benzene rings is 3. The van der Waals surface area contributed by atoms with Gasteiger partial charge in [0.15, 0.2) is 35.6 Å². The number of cyclic esters (lactones) is 1. The largest absolute Gasteiger partial charge is 0.502 e. The minimum atomic E-state index is -1.44. The van der Waals surface area contributed by atoms with E-state index in [2.05, 4.69) is 39.0 Å². The van der Waals surface area contributed by atoms with E-state index in [0.29, 0.717) is 34.8 Å². The standard InChI is InChI=1S/C29H32O13.C23H30O3/c1-11-36-9-20-27(40-11)24(31)25(32)29(41-20)42-26-14-7-17-16(38-10-39-17)6-13(14)21(22-15(26)8-37-28(22)33)12-4-18(34-2)23(30)19(5-12)35-3;1-8-26-23(24)14-17(3)11-9-10-16(2)12-13-21-18(4)15-22(25-7)20(6)19(21)5/h4-7,11,15,20-22,24-27,29-32H,8-10H2,1-3H3;9-15H,8H2,1-7H3/b;11-9+,13-12+,16-10+,17-14+/t11-,15?,20-,21-,22+,24-,25-,26?,27-,29+;/m1./s1. The number of aliphatic hydroxyl groups is 2. The van der Waals surface area contributed by atoms with Crippen LogP contribution < -0.4 is 23.7 Å². The third-order valence-electron chi connectivity index (χ3n) is 12.9. The van der Waals surface area contributed by atoms with E-state index < -0.39 is 66.8 Å². The summed E-state index contributed by atoms with van der Waals surface area (Å²) in [6.07, 6.45) is 4.76. The lowest BCUT2D eigenvalue weighted by molar-refractivity contribution is -0.364. The molecule has 0 radical (unpaired) electrons. The second-order valence-electron chi connectivity index (χ2n) is 17.3. The molecule has 0 saturated carbocycles. The molecule has 1 aliphatic carbocycles. The highest BCUT2D eigenvalue weighted by atomic mass is 16.8. The van der Waals surface area contributed by atoms with Crippen molar-refractivity contribution in [2.45, 2.75) is 97.5 Å². The van der Waals surface area contributed by atoms with Gasteiger partial charge >= 0.3 is 11.9 Å². The summed E-state index contributed by atoms with van der Waals surface area (Å²) in [5.41, 5.74) is 8.80. The van der Waals surface area contributed by atoms with Crippen LogP contribution >= 0.6 is 0 Å². The normalized spacial score (nSPS) is 27.4. The summed E-state index contributed by atoms with van der Waals surface area (Å²) in [7, 11) is 4.56. The number of carbonyl (C=O) groups excluding carboxylic acids is 2. The van der Waals surface area contributed by atoms with Gasteiger partial charge in [-0.25, -0.2) is 4.79 Å². The number of aliphatic hydroxyl groups excluding tert-OH is 2. The van der Waals surface area contributed by atoms with Gasteiger partial charge in [-0.05, 0) is 123 Å². The zero-order valence-corrected chi connectivity index (χ0v) is 40.1. The molecule has 4 aliphatic heterocycles. The summed E-state index contributed by atoms with van der Waals surface area (Å²) < 4.78 is 61.8. The fourth-order valence-electron chi connectivity index (χ4n) is 9.31. The Morgan fingerprint density at radius 1 is 0.824 bits per heavy atom. The third kappa shape index (κ3) is 10.4. The number of phenols is 1. The number of carbonyl (C=O) groups is 2. The van der Waals surface area contributed by atoms with Gasteiger partial charge < -0.3 is 67.4 Å². The average molecular weight is 943 g/mol. The lowest BCUT2D eigenvalue weighted by Crippen LogP contribution is -2.63. The fraction of sp³-hybridized carbons (Fsp3) is 0.462. The Kier molecular flexibility index (Phi) is 15.9. The lowest BCUT2D eigenvalue weighted by Gasteiger charge is -2.47. The van der Waals surface area contributed by atoms with E-state index in [-0.39, 0.29) is 43.2 Å². The van der Waals surface area contributed by atoms with Crippen LogP contribution in [-0.4, -0.2) is 112 Å². The fourth-order valence-corrected chi connectivity index (χ4v) is 9.31.